The summed E-state index contributed by atoms with van der Waals surface area (Å²) in [7, 11) is 3.36. The molecule has 4 nitrogen and oxygen atoms in total. The molecule has 24 heavy (non-hydrogen) atoms. The molecule has 0 saturated heterocycles. The van der Waals surface area contributed by atoms with Crippen molar-refractivity contribution in [2.45, 2.75) is 19.4 Å². The Morgan fingerprint density at radius 2 is 2.00 bits per heavy atom. The number of halogens is 2. The van der Waals surface area contributed by atoms with Gasteiger partial charge in [0.25, 0.3) is 0 Å². The molecule has 2 amide bonds. The molecule has 0 aliphatic heterocycles. The van der Waals surface area contributed by atoms with Crippen molar-refractivity contribution in [3.8, 4) is 5.75 Å². The second-order valence-electron chi connectivity index (χ2n) is 5.51. The first-order valence-electron chi connectivity index (χ1n) is 7.61. The molecule has 0 aromatic heterocycles. The smallest absolute Gasteiger partial charge is 0.321 e. The summed E-state index contributed by atoms with van der Waals surface area (Å²) in [5.41, 5.74) is 1.70. The van der Waals surface area contributed by atoms with Crippen LogP contribution in [0.1, 0.15) is 25.0 Å². The lowest BCUT2D eigenvalue weighted by molar-refractivity contribution is 0.201. The van der Waals surface area contributed by atoms with Crippen molar-refractivity contribution in [3.05, 3.63) is 57.5 Å². The molecule has 2 aromatic carbocycles. The van der Waals surface area contributed by atoms with Crippen LogP contribution in [0, 0.1) is 0 Å². The monoisotopic (exact) mass is 410 g/mol. The summed E-state index contributed by atoms with van der Waals surface area (Å²) in [6.45, 7) is 2.06. The highest BCUT2D eigenvalue weighted by Crippen LogP contribution is 2.34. The summed E-state index contributed by atoms with van der Waals surface area (Å²) >= 11 is 9.88. The van der Waals surface area contributed by atoms with Crippen LogP contribution in [0.15, 0.2) is 46.9 Å². The van der Waals surface area contributed by atoms with E-state index in [0.717, 1.165) is 16.5 Å². The molecule has 2 aromatic rings. The van der Waals surface area contributed by atoms with Gasteiger partial charge in [0.2, 0.25) is 0 Å². The van der Waals surface area contributed by atoms with Crippen LogP contribution in [-0.4, -0.2) is 25.0 Å². The first kappa shape index (κ1) is 18.6. The van der Waals surface area contributed by atoms with E-state index in [0.29, 0.717) is 16.5 Å². The Balaban J connectivity index is 2.17. The van der Waals surface area contributed by atoms with E-state index >= 15 is 0 Å². The topological polar surface area (TPSA) is 41.6 Å². The number of amides is 2. The first-order chi connectivity index (χ1) is 11.4. The summed E-state index contributed by atoms with van der Waals surface area (Å²) in [6.07, 6.45) is 0.693. The van der Waals surface area contributed by atoms with Gasteiger partial charge in [-0.3, -0.25) is 0 Å². The van der Waals surface area contributed by atoms with E-state index in [-0.39, 0.29) is 12.1 Å². The van der Waals surface area contributed by atoms with Crippen LogP contribution < -0.4 is 10.1 Å². The van der Waals surface area contributed by atoms with Crippen molar-refractivity contribution in [1.29, 1.82) is 0 Å². The van der Waals surface area contributed by atoms with Crippen LogP contribution in [0.5, 0.6) is 5.75 Å². The lowest BCUT2D eigenvalue weighted by Crippen LogP contribution is -2.27. The van der Waals surface area contributed by atoms with E-state index in [1.165, 1.54) is 4.90 Å². The molecule has 0 fully saturated rings. The molecule has 1 unspecified atom stereocenters. The largest absolute Gasteiger partial charge is 0.484 e. The fourth-order valence-corrected chi connectivity index (χ4v) is 2.93. The number of hydrogen-bond acceptors (Lipinski definition) is 2. The number of rotatable bonds is 5. The molecule has 0 aliphatic carbocycles. The van der Waals surface area contributed by atoms with Gasteiger partial charge in [0.05, 0.1) is 5.02 Å². The van der Waals surface area contributed by atoms with Crippen LogP contribution >= 0.6 is 27.5 Å². The van der Waals surface area contributed by atoms with Crippen molar-refractivity contribution in [2.24, 2.45) is 0 Å². The van der Waals surface area contributed by atoms with E-state index in [9.17, 15) is 4.79 Å². The Labute approximate surface area is 155 Å². The third-order valence-electron chi connectivity index (χ3n) is 3.48. The molecule has 0 heterocycles. The van der Waals surface area contributed by atoms with Gasteiger partial charge in [0.15, 0.2) is 0 Å². The van der Waals surface area contributed by atoms with Crippen molar-refractivity contribution < 1.29 is 9.53 Å². The number of anilines is 1. The second-order valence-corrected chi connectivity index (χ2v) is 6.77. The zero-order valence-corrected chi connectivity index (χ0v) is 16.2. The fourth-order valence-electron chi connectivity index (χ4n) is 2.17. The maximum Gasteiger partial charge on any atom is 0.321 e. The lowest BCUT2D eigenvalue weighted by atomic mass is 10.1. The maximum atomic E-state index is 11.7. The van der Waals surface area contributed by atoms with Crippen molar-refractivity contribution in [2.75, 3.05) is 19.4 Å². The standard InChI is InChI=1S/C18H20BrClN2O2/c1-4-16(13-7-5-6-8-14(13)19)24-17-10-9-12(11-15(17)20)21-18(23)22(2)3/h5-11,16H,4H2,1-3H3,(H,21,23). The number of carbonyl (C=O) groups is 1. The summed E-state index contributed by atoms with van der Waals surface area (Å²) in [5, 5.41) is 3.21. The van der Waals surface area contributed by atoms with E-state index < -0.39 is 0 Å². The van der Waals surface area contributed by atoms with E-state index in [1.54, 1.807) is 32.3 Å². The Morgan fingerprint density at radius 1 is 1.29 bits per heavy atom. The SMILES string of the molecule is CCC(Oc1ccc(NC(=O)N(C)C)cc1Cl)c1ccccc1Br. The van der Waals surface area contributed by atoms with Gasteiger partial charge in [0, 0.05) is 29.8 Å². The van der Waals surface area contributed by atoms with Crippen LogP contribution in [0.2, 0.25) is 5.02 Å². The number of nitrogens with one attached hydrogen (secondary N) is 1. The minimum Gasteiger partial charge on any atom is -0.484 e. The molecule has 0 radical (unpaired) electrons. The highest BCUT2D eigenvalue weighted by atomic mass is 79.9. The summed E-state index contributed by atoms with van der Waals surface area (Å²) < 4.78 is 7.09. The molecule has 2 rings (SSSR count). The number of hydrogen-bond donors (Lipinski definition) is 1. The summed E-state index contributed by atoms with van der Waals surface area (Å²) in [6, 6.07) is 13.0. The van der Waals surface area contributed by atoms with Gasteiger partial charge >= 0.3 is 6.03 Å². The maximum absolute atomic E-state index is 11.7. The molecule has 0 bridgehead atoms. The normalized spacial score (nSPS) is 11.7. The van der Waals surface area contributed by atoms with E-state index in [4.69, 9.17) is 16.3 Å². The van der Waals surface area contributed by atoms with Gasteiger partial charge in [0.1, 0.15) is 11.9 Å². The predicted octanol–water partition coefficient (Wildman–Crippen LogP) is 5.73. The van der Waals surface area contributed by atoms with Gasteiger partial charge in [-0.25, -0.2) is 4.79 Å². The van der Waals surface area contributed by atoms with Gasteiger partial charge in [-0.2, -0.15) is 0 Å². The first-order valence-corrected chi connectivity index (χ1v) is 8.78. The third-order valence-corrected chi connectivity index (χ3v) is 4.50. The minimum atomic E-state index is -0.209. The number of nitrogens with zero attached hydrogens (tertiary/aromatic N) is 1. The quantitative estimate of drug-likeness (QED) is 0.683. The summed E-state index contributed by atoms with van der Waals surface area (Å²) in [4.78, 5) is 13.1. The highest BCUT2D eigenvalue weighted by molar-refractivity contribution is 9.10. The Hall–Kier alpha value is -1.72. The number of urea groups is 1. The second kappa shape index (κ2) is 8.40. The molecule has 1 N–H and O–H groups in total. The third kappa shape index (κ3) is 4.65. The van der Waals surface area contributed by atoms with Crippen LogP contribution in [-0.2, 0) is 0 Å². The molecule has 128 valence electrons. The number of carbonyl (C=O) groups excluding carboxylic acids is 1. The molecule has 1 atom stereocenters. The molecule has 0 aliphatic rings. The van der Waals surface area contributed by atoms with Gasteiger partial charge < -0.3 is 15.0 Å². The fraction of sp³-hybridized carbons (Fsp3) is 0.278. The van der Waals surface area contributed by atoms with Gasteiger partial charge in [-0.1, -0.05) is 52.7 Å². The van der Waals surface area contributed by atoms with Crippen LogP contribution in [0.3, 0.4) is 0 Å². The highest BCUT2D eigenvalue weighted by Gasteiger charge is 2.16. The molecule has 6 heteroatoms. The van der Waals surface area contributed by atoms with Crippen molar-refractivity contribution in [1.82, 2.24) is 4.90 Å². The minimum absolute atomic E-state index is 0.111. The number of ether oxygens (including phenoxy) is 1. The molecule has 0 saturated carbocycles. The zero-order valence-electron chi connectivity index (χ0n) is 13.8. The number of benzene rings is 2. The van der Waals surface area contributed by atoms with Crippen molar-refractivity contribution in [3.63, 3.8) is 0 Å². The molecular formula is C18H20BrClN2O2. The predicted molar refractivity (Wildman–Crippen MR) is 102 cm³/mol. The Morgan fingerprint density at radius 3 is 2.58 bits per heavy atom. The molecular weight excluding hydrogens is 392 g/mol. The Kier molecular flexibility index (Phi) is 6.52. The van der Waals surface area contributed by atoms with Gasteiger partial charge in [-0.05, 0) is 30.7 Å². The Bertz CT molecular complexity index is 722. The van der Waals surface area contributed by atoms with Gasteiger partial charge in [-0.15, -0.1) is 0 Å². The van der Waals surface area contributed by atoms with Crippen LogP contribution in [0.4, 0.5) is 10.5 Å². The summed E-state index contributed by atoms with van der Waals surface area (Å²) in [5.74, 6) is 0.585. The zero-order chi connectivity index (χ0) is 17.7. The molecule has 0 spiro atoms. The van der Waals surface area contributed by atoms with E-state index in [1.807, 2.05) is 24.3 Å². The lowest BCUT2D eigenvalue weighted by Gasteiger charge is -2.20. The van der Waals surface area contributed by atoms with E-state index in [2.05, 4.69) is 28.2 Å². The average molecular weight is 412 g/mol. The van der Waals surface area contributed by atoms with Crippen LogP contribution in [0.25, 0.3) is 0 Å². The average Bonchev–Trinajstić information content (AvgIpc) is 2.55. The van der Waals surface area contributed by atoms with Crippen molar-refractivity contribution >= 4 is 39.2 Å².